The molecule has 2 unspecified atom stereocenters. The maximum atomic E-state index is 8.58. The summed E-state index contributed by atoms with van der Waals surface area (Å²) >= 11 is 0. The van der Waals surface area contributed by atoms with Gasteiger partial charge in [-0.05, 0) is 18.8 Å². The molecule has 13 heavy (non-hydrogen) atoms. The molecular formula is C10H23NO2. The van der Waals surface area contributed by atoms with Crippen molar-refractivity contribution in [3.05, 3.63) is 0 Å². The van der Waals surface area contributed by atoms with Gasteiger partial charge >= 0.3 is 0 Å². The van der Waals surface area contributed by atoms with Gasteiger partial charge in [-0.15, -0.1) is 0 Å². The van der Waals surface area contributed by atoms with E-state index in [2.05, 4.69) is 13.8 Å². The van der Waals surface area contributed by atoms with Crippen LogP contribution in [-0.2, 0) is 4.74 Å². The summed E-state index contributed by atoms with van der Waals surface area (Å²) in [4.78, 5) is 0. The zero-order valence-electron chi connectivity index (χ0n) is 8.83. The second-order valence-corrected chi connectivity index (χ2v) is 3.49. The topological polar surface area (TPSA) is 55.5 Å². The molecule has 0 spiro atoms. The molecule has 0 amide bonds. The van der Waals surface area contributed by atoms with Gasteiger partial charge in [0.25, 0.3) is 0 Å². The van der Waals surface area contributed by atoms with Gasteiger partial charge in [0.05, 0.1) is 6.10 Å². The van der Waals surface area contributed by atoms with Crippen LogP contribution in [0.25, 0.3) is 0 Å². The molecule has 3 heteroatoms. The quantitative estimate of drug-likeness (QED) is 0.563. The highest BCUT2D eigenvalue weighted by molar-refractivity contribution is 4.66. The first-order valence-electron chi connectivity index (χ1n) is 5.18. The number of rotatable bonds is 8. The van der Waals surface area contributed by atoms with Crippen molar-refractivity contribution in [1.29, 1.82) is 0 Å². The lowest BCUT2D eigenvalue weighted by Crippen LogP contribution is -2.31. The minimum absolute atomic E-state index is 0.159. The second kappa shape index (κ2) is 8.48. The van der Waals surface area contributed by atoms with E-state index in [-0.39, 0.29) is 12.7 Å². The predicted molar refractivity (Wildman–Crippen MR) is 54.6 cm³/mol. The Hall–Kier alpha value is -0.120. The fourth-order valence-electron chi connectivity index (χ4n) is 1.41. The molecule has 0 heterocycles. The molecule has 0 aromatic heterocycles. The number of ether oxygens (including phenoxy) is 1. The average molecular weight is 189 g/mol. The normalized spacial score (nSPS) is 15.7. The fraction of sp³-hybridized carbons (Fsp3) is 1.00. The highest BCUT2D eigenvalue weighted by atomic mass is 16.5. The molecule has 0 aliphatic carbocycles. The number of hydrogen-bond acceptors (Lipinski definition) is 3. The molecule has 0 saturated carbocycles. The van der Waals surface area contributed by atoms with Crippen molar-refractivity contribution in [2.24, 2.45) is 11.7 Å². The molecule has 0 radical (unpaired) electrons. The van der Waals surface area contributed by atoms with E-state index in [0.717, 1.165) is 6.42 Å². The number of nitrogens with two attached hydrogens (primary N) is 1. The molecule has 2 atom stereocenters. The van der Waals surface area contributed by atoms with Gasteiger partial charge in [-0.2, -0.15) is 0 Å². The molecular weight excluding hydrogens is 166 g/mol. The van der Waals surface area contributed by atoms with Gasteiger partial charge < -0.3 is 15.6 Å². The van der Waals surface area contributed by atoms with Crippen molar-refractivity contribution in [2.45, 2.75) is 39.2 Å². The minimum atomic E-state index is 0.159. The van der Waals surface area contributed by atoms with Gasteiger partial charge in [0.1, 0.15) is 0 Å². The minimum Gasteiger partial charge on any atom is -0.396 e. The standard InChI is InChI=1S/C10H23NO2/c1-3-5-9(2)10(8-11)13-7-4-6-12/h9-10,12H,3-8,11H2,1-2H3. The van der Waals surface area contributed by atoms with Gasteiger partial charge in [0.15, 0.2) is 0 Å². The van der Waals surface area contributed by atoms with Crippen molar-refractivity contribution in [3.63, 3.8) is 0 Å². The van der Waals surface area contributed by atoms with Gasteiger partial charge in [0, 0.05) is 19.8 Å². The summed E-state index contributed by atoms with van der Waals surface area (Å²) in [6.07, 6.45) is 3.18. The van der Waals surface area contributed by atoms with Crippen LogP contribution in [0.4, 0.5) is 0 Å². The van der Waals surface area contributed by atoms with E-state index in [1.54, 1.807) is 0 Å². The Bertz CT molecular complexity index is 109. The maximum Gasteiger partial charge on any atom is 0.0722 e. The zero-order valence-corrected chi connectivity index (χ0v) is 8.83. The Morgan fingerprint density at radius 1 is 1.46 bits per heavy atom. The number of hydrogen-bond donors (Lipinski definition) is 2. The van der Waals surface area contributed by atoms with Crippen molar-refractivity contribution in [3.8, 4) is 0 Å². The summed E-state index contributed by atoms with van der Waals surface area (Å²) in [6, 6.07) is 0. The first kappa shape index (κ1) is 12.9. The summed E-state index contributed by atoms with van der Waals surface area (Å²) in [5, 5.41) is 8.58. The second-order valence-electron chi connectivity index (χ2n) is 3.49. The first-order valence-corrected chi connectivity index (χ1v) is 5.18. The molecule has 0 rings (SSSR count). The molecule has 3 N–H and O–H groups in total. The molecule has 0 aromatic carbocycles. The van der Waals surface area contributed by atoms with E-state index in [0.29, 0.717) is 25.5 Å². The van der Waals surface area contributed by atoms with Crippen LogP contribution in [0.1, 0.15) is 33.1 Å². The van der Waals surface area contributed by atoms with E-state index in [9.17, 15) is 0 Å². The van der Waals surface area contributed by atoms with E-state index in [4.69, 9.17) is 15.6 Å². The number of aliphatic hydroxyl groups is 1. The van der Waals surface area contributed by atoms with Gasteiger partial charge in [0.2, 0.25) is 0 Å². The van der Waals surface area contributed by atoms with Crippen LogP contribution in [0, 0.1) is 5.92 Å². The Morgan fingerprint density at radius 3 is 2.62 bits per heavy atom. The van der Waals surface area contributed by atoms with E-state index in [1.165, 1.54) is 6.42 Å². The SMILES string of the molecule is CCCC(C)C(CN)OCCCO. The molecule has 0 aromatic rings. The van der Waals surface area contributed by atoms with Crippen LogP contribution < -0.4 is 5.73 Å². The van der Waals surface area contributed by atoms with Crippen molar-refractivity contribution in [2.75, 3.05) is 19.8 Å². The summed E-state index contributed by atoms with van der Waals surface area (Å²) in [5.74, 6) is 0.522. The molecule has 0 saturated heterocycles. The molecule has 0 aliphatic rings. The Morgan fingerprint density at radius 2 is 2.15 bits per heavy atom. The Kier molecular flexibility index (Phi) is 8.40. The van der Waals surface area contributed by atoms with Gasteiger partial charge in [-0.25, -0.2) is 0 Å². The third-order valence-corrected chi connectivity index (χ3v) is 2.25. The van der Waals surface area contributed by atoms with Crippen LogP contribution >= 0.6 is 0 Å². The lowest BCUT2D eigenvalue weighted by atomic mass is 9.99. The van der Waals surface area contributed by atoms with Gasteiger partial charge in [-0.1, -0.05) is 20.3 Å². The smallest absolute Gasteiger partial charge is 0.0722 e. The largest absolute Gasteiger partial charge is 0.396 e. The molecule has 0 aliphatic heterocycles. The number of aliphatic hydroxyl groups excluding tert-OH is 1. The van der Waals surface area contributed by atoms with Gasteiger partial charge in [-0.3, -0.25) is 0 Å². The lowest BCUT2D eigenvalue weighted by Gasteiger charge is -2.22. The highest BCUT2D eigenvalue weighted by Crippen LogP contribution is 2.13. The van der Waals surface area contributed by atoms with Crippen LogP contribution in [0.3, 0.4) is 0 Å². The van der Waals surface area contributed by atoms with Crippen LogP contribution in [0.15, 0.2) is 0 Å². The highest BCUT2D eigenvalue weighted by Gasteiger charge is 2.14. The van der Waals surface area contributed by atoms with Crippen molar-refractivity contribution in [1.82, 2.24) is 0 Å². The average Bonchev–Trinajstić information content (AvgIpc) is 2.13. The summed E-state index contributed by atoms with van der Waals surface area (Å²) < 4.78 is 5.56. The van der Waals surface area contributed by atoms with Crippen LogP contribution in [0.5, 0.6) is 0 Å². The molecule has 3 nitrogen and oxygen atoms in total. The third-order valence-electron chi connectivity index (χ3n) is 2.25. The maximum absolute atomic E-state index is 8.58. The molecule has 0 fully saturated rings. The summed E-state index contributed by atoms with van der Waals surface area (Å²) in [7, 11) is 0. The zero-order chi connectivity index (χ0) is 10.1. The van der Waals surface area contributed by atoms with Crippen molar-refractivity contribution >= 4 is 0 Å². The van der Waals surface area contributed by atoms with E-state index in [1.807, 2.05) is 0 Å². The molecule has 80 valence electrons. The predicted octanol–water partition coefficient (Wildman–Crippen LogP) is 1.15. The Labute approximate surface area is 81.3 Å². The van der Waals surface area contributed by atoms with Crippen LogP contribution in [-0.4, -0.2) is 31.0 Å². The van der Waals surface area contributed by atoms with E-state index >= 15 is 0 Å². The fourth-order valence-corrected chi connectivity index (χ4v) is 1.41. The summed E-state index contributed by atoms with van der Waals surface area (Å²) in [6.45, 7) is 5.72. The first-order chi connectivity index (χ1) is 6.26. The third kappa shape index (κ3) is 6.02. The Balaban J connectivity index is 3.60. The van der Waals surface area contributed by atoms with Crippen LogP contribution in [0.2, 0.25) is 0 Å². The van der Waals surface area contributed by atoms with Crippen molar-refractivity contribution < 1.29 is 9.84 Å². The molecule has 0 bridgehead atoms. The monoisotopic (exact) mass is 189 g/mol. The van der Waals surface area contributed by atoms with E-state index < -0.39 is 0 Å². The summed E-state index contributed by atoms with van der Waals surface area (Å²) in [5.41, 5.74) is 5.60. The lowest BCUT2D eigenvalue weighted by molar-refractivity contribution is 0.0142.